The molecule has 0 amide bonds. The fourth-order valence-electron chi connectivity index (χ4n) is 1.37. The van der Waals surface area contributed by atoms with Gasteiger partial charge in [-0.05, 0) is 40.2 Å². The summed E-state index contributed by atoms with van der Waals surface area (Å²) in [5, 5.41) is 0. The Balaban J connectivity index is 2.50. The van der Waals surface area contributed by atoms with Gasteiger partial charge >= 0.3 is 5.97 Å². The van der Waals surface area contributed by atoms with E-state index in [1.54, 1.807) is 24.5 Å². The van der Waals surface area contributed by atoms with Crippen LogP contribution < -0.4 is 0 Å². The predicted molar refractivity (Wildman–Crippen MR) is 66.5 cm³/mol. The minimum absolute atomic E-state index is 0.273. The van der Waals surface area contributed by atoms with Gasteiger partial charge in [-0.3, -0.25) is 4.98 Å². The number of esters is 1. The quantitative estimate of drug-likeness (QED) is 0.799. The topological polar surface area (TPSA) is 52.1 Å². The molecule has 17 heavy (non-hydrogen) atoms. The summed E-state index contributed by atoms with van der Waals surface area (Å²) in [4.78, 5) is 19.7. The van der Waals surface area contributed by atoms with E-state index in [2.05, 4.69) is 30.6 Å². The number of aromatic nitrogens is 2. The Morgan fingerprint density at radius 2 is 2.18 bits per heavy atom. The van der Waals surface area contributed by atoms with Crippen molar-refractivity contribution in [2.45, 2.75) is 0 Å². The Bertz CT molecular complexity index is 543. The number of hydrogen-bond donors (Lipinski definition) is 0. The molecule has 0 unspecified atom stereocenters. The van der Waals surface area contributed by atoms with Crippen LogP contribution in [0, 0.1) is 0 Å². The SMILES string of the molecule is COC(=O)c1ccc(Br)c(-c2cccnc2)n1. The van der Waals surface area contributed by atoms with Gasteiger partial charge in [-0.15, -0.1) is 0 Å². The zero-order valence-corrected chi connectivity index (χ0v) is 10.6. The molecule has 0 radical (unpaired) electrons. The summed E-state index contributed by atoms with van der Waals surface area (Å²) in [7, 11) is 1.33. The molecule has 4 nitrogen and oxygen atoms in total. The molecule has 0 atom stereocenters. The zero-order chi connectivity index (χ0) is 12.3. The van der Waals surface area contributed by atoms with Crippen LogP contribution in [-0.4, -0.2) is 23.0 Å². The smallest absolute Gasteiger partial charge is 0.356 e. The Morgan fingerprint density at radius 1 is 1.35 bits per heavy atom. The van der Waals surface area contributed by atoms with Crippen molar-refractivity contribution in [1.29, 1.82) is 0 Å². The third kappa shape index (κ3) is 2.50. The molecular formula is C12H9BrN2O2. The third-order valence-corrected chi connectivity index (χ3v) is 2.82. The Kier molecular flexibility index (Phi) is 3.49. The van der Waals surface area contributed by atoms with Crippen LogP contribution in [0.1, 0.15) is 10.5 Å². The first kappa shape index (κ1) is 11.7. The van der Waals surface area contributed by atoms with Crippen LogP contribution in [0.2, 0.25) is 0 Å². The molecule has 0 aliphatic rings. The maximum atomic E-state index is 11.4. The molecule has 2 heterocycles. The minimum atomic E-state index is -0.456. The molecular weight excluding hydrogens is 284 g/mol. The van der Waals surface area contributed by atoms with Gasteiger partial charge in [0.1, 0.15) is 5.69 Å². The van der Waals surface area contributed by atoms with Gasteiger partial charge < -0.3 is 4.74 Å². The standard InChI is InChI=1S/C12H9BrN2O2/c1-17-12(16)10-5-4-9(13)11(15-10)8-3-2-6-14-7-8/h2-7H,1H3. The van der Waals surface area contributed by atoms with Gasteiger partial charge in [0.25, 0.3) is 0 Å². The lowest BCUT2D eigenvalue weighted by Crippen LogP contribution is -2.05. The van der Waals surface area contributed by atoms with Crippen LogP contribution in [-0.2, 0) is 4.74 Å². The van der Waals surface area contributed by atoms with E-state index in [-0.39, 0.29) is 5.69 Å². The van der Waals surface area contributed by atoms with Gasteiger partial charge in [-0.25, -0.2) is 9.78 Å². The van der Waals surface area contributed by atoms with Crippen molar-refractivity contribution in [2.75, 3.05) is 7.11 Å². The number of ether oxygens (including phenoxy) is 1. The number of carbonyl (C=O) groups excluding carboxylic acids is 1. The minimum Gasteiger partial charge on any atom is -0.464 e. The highest BCUT2D eigenvalue weighted by atomic mass is 79.9. The second-order valence-electron chi connectivity index (χ2n) is 3.26. The lowest BCUT2D eigenvalue weighted by Gasteiger charge is -2.05. The summed E-state index contributed by atoms with van der Waals surface area (Å²) >= 11 is 3.40. The van der Waals surface area contributed by atoms with E-state index in [0.29, 0.717) is 5.69 Å². The molecule has 5 heteroatoms. The molecule has 0 aliphatic heterocycles. The predicted octanol–water partition coefficient (Wildman–Crippen LogP) is 2.69. The van der Waals surface area contributed by atoms with Gasteiger partial charge in [0.2, 0.25) is 0 Å². The number of methoxy groups -OCH3 is 1. The van der Waals surface area contributed by atoms with E-state index in [9.17, 15) is 4.79 Å². The van der Waals surface area contributed by atoms with Crippen molar-refractivity contribution in [3.05, 3.63) is 46.8 Å². The van der Waals surface area contributed by atoms with Gasteiger partial charge in [-0.2, -0.15) is 0 Å². The van der Waals surface area contributed by atoms with E-state index in [4.69, 9.17) is 0 Å². The molecule has 0 aliphatic carbocycles. The second-order valence-corrected chi connectivity index (χ2v) is 4.11. The second kappa shape index (κ2) is 5.05. The number of halogens is 1. The Labute approximate surface area is 107 Å². The van der Waals surface area contributed by atoms with Gasteiger partial charge in [0.05, 0.1) is 12.8 Å². The summed E-state index contributed by atoms with van der Waals surface area (Å²) < 4.78 is 5.44. The van der Waals surface area contributed by atoms with Crippen molar-refractivity contribution in [2.24, 2.45) is 0 Å². The third-order valence-electron chi connectivity index (χ3n) is 2.18. The average Bonchev–Trinajstić information content (AvgIpc) is 2.39. The van der Waals surface area contributed by atoms with E-state index < -0.39 is 5.97 Å². The van der Waals surface area contributed by atoms with Crippen molar-refractivity contribution < 1.29 is 9.53 Å². The molecule has 0 aromatic carbocycles. The molecule has 0 fully saturated rings. The first-order valence-corrected chi connectivity index (χ1v) is 5.67. The Morgan fingerprint density at radius 3 is 2.82 bits per heavy atom. The fraction of sp³-hybridized carbons (Fsp3) is 0.0833. The molecule has 0 N–H and O–H groups in total. The highest BCUT2D eigenvalue weighted by Gasteiger charge is 2.11. The molecule has 2 aromatic rings. The largest absolute Gasteiger partial charge is 0.464 e. The fourth-order valence-corrected chi connectivity index (χ4v) is 1.82. The number of pyridine rings is 2. The van der Waals surface area contributed by atoms with Crippen LogP contribution in [0.15, 0.2) is 41.1 Å². The van der Waals surface area contributed by atoms with Gasteiger partial charge in [-0.1, -0.05) is 0 Å². The molecule has 0 saturated carbocycles. The van der Waals surface area contributed by atoms with E-state index >= 15 is 0 Å². The lowest BCUT2D eigenvalue weighted by molar-refractivity contribution is 0.0594. The molecule has 0 spiro atoms. The summed E-state index contributed by atoms with van der Waals surface area (Å²) in [6.07, 6.45) is 3.37. The van der Waals surface area contributed by atoms with Crippen molar-refractivity contribution >= 4 is 21.9 Å². The highest BCUT2D eigenvalue weighted by molar-refractivity contribution is 9.10. The maximum absolute atomic E-state index is 11.4. The van der Waals surface area contributed by atoms with Crippen molar-refractivity contribution in [3.63, 3.8) is 0 Å². The van der Waals surface area contributed by atoms with Crippen LogP contribution in [0.25, 0.3) is 11.3 Å². The normalized spacial score (nSPS) is 10.0. The zero-order valence-electron chi connectivity index (χ0n) is 9.05. The van der Waals surface area contributed by atoms with E-state index in [1.165, 1.54) is 7.11 Å². The van der Waals surface area contributed by atoms with Crippen LogP contribution in [0.4, 0.5) is 0 Å². The maximum Gasteiger partial charge on any atom is 0.356 e. The van der Waals surface area contributed by atoms with Crippen molar-refractivity contribution in [1.82, 2.24) is 9.97 Å². The van der Waals surface area contributed by atoms with Crippen LogP contribution in [0.3, 0.4) is 0 Å². The van der Waals surface area contributed by atoms with Gasteiger partial charge in [0, 0.05) is 22.4 Å². The Hall–Kier alpha value is -1.75. The van der Waals surface area contributed by atoms with E-state index in [0.717, 1.165) is 10.0 Å². The number of rotatable bonds is 2. The summed E-state index contributed by atoms with van der Waals surface area (Å²) in [6, 6.07) is 7.06. The summed E-state index contributed by atoms with van der Waals surface area (Å²) in [5.74, 6) is -0.456. The number of carbonyl (C=O) groups is 1. The first-order valence-electron chi connectivity index (χ1n) is 4.87. The average molecular weight is 293 g/mol. The van der Waals surface area contributed by atoms with Crippen LogP contribution >= 0.6 is 15.9 Å². The highest BCUT2D eigenvalue weighted by Crippen LogP contribution is 2.25. The van der Waals surface area contributed by atoms with E-state index in [1.807, 2.05) is 12.1 Å². The summed E-state index contributed by atoms with van der Waals surface area (Å²) in [5.41, 5.74) is 1.78. The lowest BCUT2D eigenvalue weighted by atomic mass is 10.2. The molecule has 86 valence electrons. The number of nitrogens with zero attached hydrogens (tertiary/aromatic N) is 2. The molecule has 0 bridgehead atoms. The first-order chi connectivity index (χ1) is 8.22. The molecule has 2 rings (SSSR count). The summed E-state index contributed by atoms with van der Waals surface area (Å²) in [6.45, 7) is 0. The number of hydrogen-bond acceptors (Lipinski definition) is 4. The van der Waals surface area contributed by atoms with Crippen molar-refractivity contribution in [3.8, 4) is 11.3 Å². The monoisotopic (exact) mass is 292 g/mol. The van der Waals surface area contributed by atoms with Gasteiger partial charge in [0.15, 0.2) is 0 Å². The molecule has 2 aromatic heterocycles. The van der Waals surface area contributed by atoms with Crippen LogP contribution in [0.5, 0.6) is 0 Å². The molecule has 0 saturated heterocycles.